The Bertz CT molecular complexity index is 616. The van der Waals surface area contributed by atoms with Gasteiger partial charge < -0.3 is 14.9 Å². The molecule has 2 rings (SSSR count). The molecule has 1 atom stereocenters. The van der Waals surface area contributed by atoms with Crippen molar-refractivity contribution in [1.29, 1.82) is 0 Å². The van der Waals surface area contributed by atoms with Gasteiger partial charge >= 0.3 is 12.0 Å². The number of halogens is 2. The minimum absolute atomic E-state index is 0.0967. The zero-order valence-electron chi connectivity index (χ0n) is 10.8. The lowest BCUT2D eigenvalue weighted by molar-refractivity contribution is -0.133. The highest BCUT2D eigenvalue weighted by molar-refractivity contribution is 5.92. The van der Waals surface area contributed by atoms with Crippen LogP contribution in [-0.2, 0) is 4.79 Å². The lowest BCUT2D eigenvalue weighted by atomic mass is 9.96. The highest BCUT2D eigenvalue weighted by Gasteiger charge is 2.35. The van der Waals surface area contributed by atoms with E-state index in [9.17, 15) is 23.5 Å². The highest BCUT2D eigenvalue weighted by Crippen LogP contribution is 2.32. The van der Waals surface area contributed by atoms with E-state index in [1.165, 1.54) is 26.4 Å². The minimum Gasteiger partial charge on any atom is -0.478 e. The number of amides is 2. The highest BCUT2D eigenvalue weighted by atomic mass is 19.2. The first kappa shape index (κ1) is 14.0. The van der Waals surface area contributed by atoms with E-state index in [0.717, 1.165) is 21.9 Å². The molecule has 0 aliphatic carbocycles. The molecule has 0 fully saturated rings. The number of hydrogen-bond donors (Lipinski definition) is 1. The van der Waals surface area contributed by atoms with Crippen molar-refractivity contribution in [3.05, 3.63) is 47.2 Å². The van der Waals surface area contributed by atoms with Crippen LogP contribution in [0.25, 0.3) is 0 Å². The molecule has 0 saturated heterocycles. The van der Waals surface area contributed by atoms with E-state index in [2.05, 4.69) is 0 Å². The van der Waals surface area contributed by atoms with Gasteiger partial charge in [-0.25, -0.2) is 18.4 Å². The number of nitrogens with zero attached hydrogens (tertiary/aromatic N) is 2. The topological polar surface area (TPSA) is 60.9 Å². The third-order valence-electron chi connectivity index (χ3n) is 3.12. The van der Waals surface area contributed by atoms with Crippen molar-refractivity contribution in [2.45, 2.75) is 6.04 Å². The summed E-state index contributed by atoms with van der Waals surface area (Å²) in [7, 11) is 2.82. The summed E-state index contributed by atoms with van der Waals surface area (Å²) in [4.78, 5) is 25.5. The Hall–Kier alpha value is -2.44. The molecule has 5 nitrogen and oxygen atoms in total. The summed E-state index contributed by atoms with van der Waals surface area (Å²) in [6.45, 7) is 0. The van der Waals surface area contributed by atoms with Crippen LogP contribution < -0.4 is 0 Å². The molecule has 1 N–H and O–H groups in total. The fraction of sp³-hybridized carbons (Fsp3) is 0.231. The number of carbonyl (C=O) groups excluding carboxylic acids is 1. The number of rotatable bonds is 2. The van der Waals surface area contributed by atoms with Gasteiger partial charge in [0.2, 0.25) is 0 Å². The van der Waals surface area contributed by atoms with Gasteiger partial charge in [0, 0.05) is 20.3 Å². The lowest BCUT2D eigenvalue weighted by Gasteiger charge is -2.36. The quantitative estimate of drug-likeness (QED) is 0.902. The Morgan fingerprint density at radius 3 is 2.45 bits per heavy atom. The number of urea groups is 1. The molecule has 106 valence electrons. The number of likely N-dealkylation sites (N-methyl/N-ethyl adjacent to an activating group) is 1. The molecule has 0 radical (unpaired) electrons. The van der Waals surface area contributed by atoms with Gasteiger partial charge in [0.05, 0.1) is 11.6 Å². The van der Waals surface area contributed by atoms with Crippen LogP contribution >= 0.6 is 0 Å². The Labute approximate surface area is 113 Å². The van der Waals surface area contributed by atoms with Crippen molar-refractivity contribution in [2.75, 3.05) is 14.1 Å². The Balaban J connectivity index is 2.55. The van der Waals surface area contributed by atoms with Gasteiger partial charge in [-0.2, -0.15) is 0 Å². The summed E-state index contributed by atoms with van der Waals surface area (Å²) < 4.78 is 26.3. The molecule has 1 aromatic carbocycles. The van der Waals surface area contributed by atoms with Gasteiger partial charge in [0.1, 0.15) is 0 Å². The van der Waals surface area contributed by atoms with Crippen LogP contribution in [-0.4, -0.2) is 41.0 Å². The van der Waals surface area contributed by atoms with Gasteiger partial charge in [0.15, 0.2) is 11.6 Å². The van der Waals surface area contributed by atoms with E-state index in [1.54, 1.807) is 0 Å². The SMILES string of the molecule is CN1C=C(C(=O)O)[C@@H](c2ccc(F)c(F)c2)N(C)C1=O. The zero-order chi connectivity index (χ0) is 15.0. The fourth-order valence-electron chi connectivity index (χ4n) is 2.16. The minimum atomic E-state index is -1.23. The van der Waals surface area contributed by atoms with Crippen molar-refractivity contribution in [1.82, 2.24) is 9.80 Å². The maximum atomic E-state index is 13.3. The monoisotopic (exact) mass is 282 g/mol. The number of carboxylic acids is 1. The van der Waals surface area contributed by atoms with E-state index < -0.39 is 29.7 Å². The fourth-order valence-corrected chi connectivity index (χ4v) is 2.16. The summed E-state index contributed by atoms with van der Waals surface area (Å²) in [5.41, 5.74) is 0.0992. The van der Waals surface area contributed by atoms with Crippen LogP contribution in [0.2, 0.25) is 0 Å². The van der Waals surface area contributed by atoms with E-state index >= 15 is 0 Å². The normalized spacial score (nSPS) is 19.1. The first-order valence-electron chi connectivity index (χ1n) is 5.72. The summed E-state index contributed by atoms with van der Waals surface area (Å²) in [6, 6.07) is 1.65. The van der Waals surface area contributed by atoms with Crippen molar-refractivity contribution in [3.63, 3.8) is 0 Å². The maximum absolute atomic E-state index is 13.3. The van der Waals surface area contributed by atoms with Gasteiger partial charge in [0.25, 0.3) is 0 Å². The van der Waals surface area contributed by atoms with Crippen LogP contribution in [0.3, 0.4) is 0 Å². The predicted molar refractivity (Wildman–Crippen MR) is 65.7 cm³/mol. The maximum Gasteiger partial charge on any atom is 0.335 e. The molecule has 0 spiro atoms. The van der Waals surface area contributed by atoms with Crippen molar-refractivity contribution < 1.29 is 23.5 Å². The average Bonchev–Trinajstić information content (AvgIpc) is 2.39. The van der Waals surface area contributed by atoms with E-state index in [-0.39, 0.29) is 11.1 Å². The first-order valence-corrected chi connectivity index (χ1v) is 5.72. The molecule has 0 saturated carbocycles. The van der Waals surface area contributed by atoms with E-state index in [1.807, 2.05) is 0 Å². The van der Waals surface area contributed by atoms with Gasteiger partial charge in [-0.3, -0.25) is 0 Å². The number of carbonyl (C=O) groups is 2. The Morgan fingerprint density at radius 1 is 1.25 bits per heavy atom. The average molecular weight is 282 g/mol. The Kier molecular flexibility index (Phi) is 3.44. The molecule has 0 aromatic heterocycles. The lowest BCUT2D eigenvalue weighted by Crippen LogP contribution is -2.44. The van der Waals surface area contributed by atoms with Gasteiger partial charge in [-0.1, -0.05) is 6.07 Å². The molecular weight excluding hydrogens is 270 g/mol. The van der Waals surface area contributed by atoms with E-state index in [0.29, 0.717) is 0 Å². The molecule has 0 bridgehead atoms. The second-order valence-corrected chi connectivity index (χ2v) is 4.47. The summed E-state index contributed by atoms with van der Waals surface area (Å²) in [5, 5.41) is 9.21. The molecule has 1 aromatic rings. The third kappa shape index (κ3) is 2.22. The van der Waals surface area contributed by atoms with Crippen LogP contribution in [0, 0.1) is 11.6 Å². The molecule has 1 aliphatic rings. The summed E-state index contributed by atoms with van der Waals surface area (Å²) in [6.07, 6.45) is 1.18. The summed E-state index contributed by atoms with van der Waals surface area (Å²) in [5.74, 6) is -3.35. The van der Waals surface area contributed by atoms with Crippen LogP contribution in [0.1, 0.15) is 11.6 Å². The van der Waals surface area contributed by atoms with Crippen LogP contribution in [0.15, 0.2) is 30.0 Å². The standard InChI is InChI=1S/C13H12F2N2O3/c1-16-6-8(12(18)19)11(17(2)13(16)20)7-3-4-9(14)10(15)5-7/h3-6,11H,1-2H3,(H,18,19)/t11-/m1/s1. The predicted octanol–water partition coefficient (Wildman–Crippen LogP) is 1.97. The number of aliphatic carboxylic acids is 1. The molecule has 20 heavy (non-hydrogen) atoms. The number of hydrogen-bond acceptors (Lipinski definition) is 2. The molecule has 0 unspecified atom stereocenters. The van der Waals surface area contributed by atoms with Gasteiger partial charge in [-0.05, 0) is 17.7 Å². The second-order valence-electron chi connectivity index (χ2n) is 4.47. The first-order chi connectivity index (χ1) is 9.32. The van der Waals surface area contributed by atoms with E-state index in [4.69, 9.17) is 0 Å². The molecule has 7 heteroatoms. The number of carboxylic acid groups (broad SMARTS) is 1. The molecule has 1 aliphatic heterocycles. The van der Waals surface area contributed by atoms with Crippen LogP contribution in [0.4, 0.5) is 13.6 Å². The zero-order valence-corrected chi connectivity index (χ0v) is 10.8. The third-order valence-corrected chi connectivity index (χ3v) is 3.12. The number of benzene rings is 1. The largest absolute Gasteiger partial charge is 0.478 e. The van der Waals surface area contributed by atoms with Crippen LogP contribution in [0.5, 0.6) is 0 Å². The molecular formula is C13H12F2N2O3. The second kappa shape index (κ2) is 4.92. The summed E-state index contributed by atoms with van der Waals surface area (Å²) >= 11 is 0. The Morgan fingerprint density at radius 2 is 1.90 bits per heavy atom. The molecule has 1 heterocycles. The van der Waals surface area contributed by atoms with Crippen molar-refractivity contribution in [2.24, 2.45) is 0 Å². The smallest absolute Gasteiger partial charge is 0.335 e. The van der Waals surface area contributed by atoms with Crippen molar-refractivity contribution in [3.8, 4) is 0 Å². The van der Waals surface area contributed by atoms with Crippen molar-refractivity contribution >= 4 is 12.0 Å². The molecule has 2 amide bonds. The van der Waals surface area contributed by atoms with Gasteiger partial charge in [-0.15, -0.1) is 0 Å².